The molecule has 3 nitrogen and oxygen atoms in total. The van der Waals surface area contributed by atoms with Gasteiger partial charge in [-0.05, 0) is 24.3 Å². The minimum absolute atomic E-state index is 0.00341. The van der Waals surface area contributed by atoms with Crippen molar-refractivity contribution >= 4 is 40.5 Å². The first-order valence-corrected chi connectivity index (χ1v) is 6.50. The molecule has 3 N–H and O–H groups in total. The lowest BCUT2D eigenvalue weighted by Crippen LogP contribution is -2.00. The molecule has 6 heteroatoms. The summed E-state index contributed by atoms with van der Waals surface area (Å²) in [5, 5.41) is 23.1. The molecule has 0 atom stereocenters. The zero-order valence-corrected chi connectivity index (χ0v) is 11.9. The van der Waals surface area contributed by atoms with Crippen LogP contribution < -0.4 is 5.32 Å². The van der Waals surface area contributed by atoms with E-state index >= 15 is 0 Å². The minimum Gasteiger partial charge on any atom is -0.508 e. The topological polar surface area (TPSA) is 52.5 Å². The molecule has 2 aromatic rings. The number of hydrogen-bond acceptors (Lipinski definition) is 3. The molecule has 0 heterocycles. The van der Waals surface area contributed by atoms with Gasteiger partial charge in [-0.2, -0.15) is 0 Å². The van der Waals surface area contributed by atoms with Gasteiger partial charge < -0.3 is 15.5 Å². The van der Waals surface area contributed by atoms with Gasteiger partial charge in [0.15, 0.2) is 0 Å². The van der Waals surface area contributed by atoms with E-state index in [9.17, 15) is 10.2 Å². The number of halogens is 3. The van der Waals surface area contributed by atoms with Gasteiger partial charge in [0.05, 0.1) is 20.8 Å². The summed E-state index contributed by atoms with van der Waals surface area (Å²) in [5.74, 6) is 0.0116. The maximum absolute atomic E-state index is 9.66. The molecule has 0 saturated carbocycles. The Morgan fingerprint density at radius 1 is 0.895 bits per heavy atom. The third-order valence-corrected chi connectivity index (χ3v) is 3.58. The zero-order chi connectivity index (χ0) is 14.0. The molecule has 0 bridgehead atoms. The number of aromatic hydroxyl groups is 2. The Morgan fingerprint density at radius 3 is 2.26 bits per heavy atom. The van der Waals surface area contributed by atoms with Crippen molar-refractivity contribution in [3.05, 3.63) is 51.0 Å². The molecule has 2 rings (SSSR count). The minimum atomic E-state index is 0.00341. The number of benzene rings is 2. The first-order chi connectivity index (χ1) is 8.97. The van der Waals surface area contributed by atoms with Crippen LogP contribution in [-0.2, 0) is 6.54 Å². The van der Waals surface area contributed by atoms with Crippen molar-refractivity contribution in [3.63, 3.8) is 0 Å². The Hall–Kier alpha value is -1.29. The molecule has 0 aromatic heterocycles. The molecule has 0 saturated heterocycles. The molecule has 0 unspecified atom stereocenters. The second kappa shape index (κ2) is 5.78. The average Bonchev–Trinajstić information content (AvgIpc) is 2.34. The molecule has 100 valence electrons. The fraction of sp³-hybridized carbons (Fsp3) is 0.0769. The fourth-order valence-corrected chi connectivity index (χ4v) is 2.16. The maximum atomic E-state index is 9.66. The van der Waals surface area contributed by atoms with E-state index in [1.807, 2.05) is 0 Å². The maximum Gasteiger partial charge on any atom is 0.124 e. The molecule has 0 aliphatic heterocycles. The Morgan fingerprint density at radius 2 is 1.58 bits per heavy atom. The summed E-state index contributed by atoms with van der Waals surface area (Å²) in [6.07, 6.45) is 0. The van der Waals surface area contributed by atoms with Gasteiger partial charge in [-0.15, -0.1) is 0 Å². The lowest BCUT2D eigenvalue weighted by Gasteiger charge is -2.11. The summed E-state index contributed by atoms with van der Waals surface area (Å²) in [6.45, 7) is 0.337. The number of phenols is 2. The monoisotopic (exact) mass is 317 g/mol. The van der Waals surface area contributed by atoms with Gasteiger partial charge in [0, 0.05) is 18.2 Å². The number of hydrogen-bond donors (Lipinski definition) is 3. The highest BCUT2D eigenvalue weighted by molar-refractivity contribution is 6.44. The summed E-state index contributed by atoms with van der Waals surface area (Å²) >= 11 is 17.8. The van der Waals surface area contributed by atoms with Gasteiger partial charge in [-0.3, -0.25) is 0 Å². The average molecular weight is 319 g/mol. The third kappa shape index (κ3) is 3.38. The van der Waals surface area contributed by atoms with E-state index in [0.717, 1.165) is 0 Å². The lowest BCUT2D eigenvalue weighted by atomic mass is 10.2. The standard InChI is InChI=1S/C13H10Cl3NO2/c14-9-4-11(16)12(5-10(9)15)17-6-7-1-2-8(18)3-13(7)19/h1-5,17-19H,6H2. The van der Waals surface area contributed by atoms with Gasteiger partial charge in [-0.25, -0.2) is 0 Å². The van der Waals surface area contributed by atoms with E-state index in [-0.39, 0.29) is 11.5 Å². The molecular formula is C13H10Cl3NO2. The van der Waals surface area contributed by atoms with Crippen LogP contribution in [0.1, 0.15) is 5.56 Å². The normalized spacial score (nSPS) is 10.5. The Kier molecular flexibility index (Phi) is 4.30. The first kappa shape index (κ1) is 14.1. The van der Waals surface area contributed by atoms with Crippen LogP contribution in [0.25, 0.3) is 0 Å². The van der Waals surface area contributed by atoms with E-state index < -0.39 is 0 Å². The highest BCUT2D eigenvalue weighted by Crippen LogP contribution is 2.33. The van der Waals surface area contributed by atoms with E-state index in [1.54, 1.807) is 18.2 Å². The molecule has 2 aromatic carbocycles. The summed E-state index contributed by atoms with van der Waals surface area (Å²) in [7, 11) is 0. The summed E-state index contributed by atoms with van der Waals surface area (Å²) in [5.41, 5.74) is 1.24. The van der Waals surface area contributed by atoms with Gasteiger partial charge in [0.25, 0.3) is 0 Å². The van der Waals surface area contributed by atoms with E-state index in [0.29, 0.717) is 32.9 Å². The molecular weight excluding hydrogens is 309 g/mol. The van der Waals surface area contributed by atoms with Crippen LogP contribution in [0.5, 0.6) is 11.5 Å². The molecule has 0 amide bonds. The van der Waals surface area contributed by atoms with Crippen molar-refractivity contribution in [1.29, 1.82) is 0 Å². The number of anilines is 1. The quantitative estimate of drug-likeness (QED) is 0.721. The molecule has 19 heavy (non-hydrogen) atoms. The first-order valence-electron chi connectivity index (χ1n) is 5.36. The highest BCUT2D eigenvalue weighted by Gasteiger charge is 2.07. The van der Waals surface area contributed by atoms with E-state index in [4.69, 9.17) is 34.8 Å². The van der Waals surface area contributed by atoms with Crippen molar-refractivity contribution in [1.82, 2.24) is 0 Å². The van der Waals surface area contributed by atoms with Crippen LogP contribution in [-0.4, -0.2) is 10.2 Å². The van der Waals surface area contributed by atoms with Gasteiger partial charge in [0.1, 0.15) is 11.5 Å². The van der Waals surface area contributed by atoms with Crippen molar-refractivity contribution in [2.24, 2.45) is 0 Å². The highest BCUT2D eigenvalue weighted by atomic mass is 35.5. The van der Waals surface area contributed by atoms with Crippen LogP contribution in [0.4, 0.5) is 5.69 Å². The summed E-state index contributed by atoms with van der Waals surface area (Å²) in [6, 6.07) is 7.54. The second-order valence-electron chi connectivity index (χ2n) is 3.91. The van der Waals surface area contributed by atoms with Crippen molar-refractivity contribution in [2.45, 2.75) is 6.54 Å². The predicted octanol–water partition coefficient (Wildman–Crippen LogP) is 4.67. The van der Waals surface area contributed by atoms with Crippen LogP contribution in [0.15, 0.2) is 30.3 Å². The second-order valence-corrected chi connectivity index (χ2v) is 5.13. The van der Waals surface area contributed by atoms with Crippen LogP contribution >= 0.6 is 34.8 Å². The van der Waals surface area contributed by atoms with Crippen molar-refractivity contribution in [2.75, 3.05) is 5.32 Å². The Balaban J connectivity index is 2.16. The summed E-state index contributed by atoms with van der Waals surface area (Å²) in [4.78, 5) is 0. The SMILES string of the molecule is Oc1ccc(CNc2cc(Cl)c(Cl)cc2Cl)c(O)c1. The van der Waals surface area contributed by atoms with Gasteiger partial charge in [0.2, 0.25) is 0 Å². The van der Waals surface area contributed by atoms with Crippen molar-refractivity contribution < 1.29 is 10.2 Å². The summed E-state index contributed by atoms with van der Waals surface area (Å²) < 4.78 is 0. The number of rotatable bonds is 3. The molecule has 0 aliphatic rings. The van der Waals surface area contributed by atoms with E-state index in [1.165, 1.54) is 12.1 Å². The number of phenolic OH excluding ortho intramolecular Hbond substituents is 2. The Labute approximate surface area is 125 Å². The van der Waals surface area contributed by atoms with Crippen molar-refractivity contribution in [3.8, 4) is 11.5 Å². The zero-order valence-electron chi connectivity index (χ0n) is 9.62. The largest absolute Gasteiger partial charge is 0.508 e. The van der Waals surface area contributed by atoms with Crippen LogP contribution in [0, 0.1) is 0 Å². The molecule has 0 fully saturated rings. The third-order valence-electron chi connectivity index (χ3n) is 2.55. The Bertz CT molecular complexity index is 617. The van der Waals surface area contributed by atoms with E-state index in [2.05, 4.69) is 5.32 Å². The fourth-order valence-electron chi connectivity index (χ4n) is 1.55. The smallest absolute Gasteiger partial charge is 0.124 e. The van der Waals surface area contributed by atoms with Gasteiger partial charge in [-0.1, -0.05) is 34.8 Å². The molecule has 0 aliphatic carbocycles. The van der Waals surface area contributed by atoms with Gasteiger partial charge >= 0.3 is 0 Å². The van der Waals surface area contributed by atoms with Crippen LogP contribution in [0.3, 0.4) is 0 Å². The number of nitrogens with one attached hydrogen (secondary N) is 1. The molecule has 0 spiro atoms. The predicted molar refractivity (Wildman–Crippen MR) is 78.6 cm³/mol. The molecule has 0 radical (unpaired) electrons. The van der Waals surface area contributed by atoms with Crippen LogP contribution in [0.2, 0.25) is 15.1 Å². The lowest BCUT2D eigenvalue weighted by molar-refractivity contribution is 0.446.